The number of likely N-dealkylation sites (tertiary alicyclic amines) is 2. The van der Waals surface area contributed by atoms with Crippen LogP contribution < -0.4 is 21.3 Å². The van der Waals surface area contributed by atoms with Gasteiger partial charge in [-0.15, -0.1) is 0 Å². The second kappa shape index (κ2) is 21.4. The number of aliphatic hydroxyl groups is 1. The molecule has 0 aromatic carbocycles. The Bertz CT molecular complexity index is 1320. The van der Waals surface area contributed by atoms with Crippen molar-refractivity contribution in [3.8, 4) is 0 Å². The highest BCUT2D eigenvalue weighted by atomic mass is 16.4. The van der Waals surface area contributed by atoms with E-state index in [9.17, 15) is 43.8 Å². The maximum absolute atomic E-state index is 14.4. The Labute approximate surface area is 319 Å². The summed E-state index contributed by atoms with van der Waals surface area (Å²) in [5, 5.41) is 30.9. The Morgan fingerprint density at radius 1 is 0.704 bits per heavy atom. The number of hydrogen-bond acceptors (Lipinski definition) is 8. The van der Waals surface area contributed by atoms with Crippen LogP contribution in [0.15, 0.2) is 0 Å². The zero-order valence-electron chi connectivity index (χ0n) is 32.3. The lowest BCUT2D eigenvalue weighted by Crippen LogP contribution is -2.62. The van der Waals surface area contributed by atoms with Gasteiger partial charge in [0, 0.05) is 26.1 Å². The van der Waals surface area contributed by atoms with Gasteiger partial charge in [0.1, 0.15) is 30.2 Å². The number of nitrogens with zero attached hydrogens (tertiary/aromatic N) is 2. The number of aliphatic carboxylic acids is 1. The monoisotopic (exact) mass is 760 g/mol. The minimum atomic E-state index is -1.52. The molecule has 15 nitrogen and oxygen atoms in total. The fourth-order valence-corrected chi connectivity index (χ4v) is 8.71. The summed E-state index contributed by atoms with van der Waals surface area (Å²) in [5.41, 5.74) is 0. The molecule has 6 atom stereocenters. The van der Waals surface area contributed by atoms with Gasteiger partial charge in [-0.1, -0.05) is 58.3 Å². The third kappa shape index (κ3) is 12.1. The van der Waals surface area contributed by atoms with Gasteiger partial charge in [0.25, 0.3) is 0 Å². The average molecular weight is 761 g/mol. The summed E-state index contributed by atoms with van der Waals surface area (Å²) < 4.78 is 0. The lowest BCUT2D eigenvalue weighted by molar-refractivity contribution is -0.149. The molecular formula is C39H64N6O9. The van der Waals surface area contributed by atoms with Crippen LogP contribution in [0.2, 0.25) is 0 Å². The van der Waals surface area contributed by atoms with Gasteiger partial charge in [-0.2, -0.15) is 0 Å². The SMILES string of the molecule is CCCNC(=O)[C@@H](NC(=O)[C@@H]1CCCN1C(=O)[C@H](CC(=O)O)NC(=O)[C@@H]1CCCCN1C(=O)[C@@H](NC(=O)CCC1CCCCC1)C1CCCCC1)C(C)O. The normalized spacial score (nSPS) is 23.4. The van der Waals surface area contributed by atoms with Crippen molar-refractivity contribution in [1.29, 1.82) is 0 Å². The van der Waals surface area contributed by atoms with Crippen molar-refractivity contribution in [1.82, 2.24) is 31.1 Å². The van der Waals surface area contributed by atoms with E-state index in [0.717, 1.165) is 51.4 Å². The second-order valence-electron chi connectivity index (χ2n) is 15.9. The van der Waals surface area contributed by atoms with Crippen molar-refractivity contribution in [2.45, 2.75) is 172 Å². The van der Waals surface area contributed by atoms with Crippen molar-refractivity contribution in [3.05, 3.63) is 0 Å². The molecule has 1 unspecified atom stereocenters. The molecule has 4 rings (SSSR count). The smallest absolute Gasteiger partial charge is 0.305 e. The number of aliphatic hydroxyl groups excluding tert-OH is 1. The molecule has 2 aliphatic heterocycles. The molecule has 6 amide bonds. The Hall–Kier alpha value is -3.75. The molecule has 6 N–H and O–H groups in total. The topological polar surface area (TPSA) is 215 Å². The van der Waals surface area contributed by atoms with Crippen molar-refractivity contribution in [2.24, 2.45) is 11.8 Å². The Morgan fingerprint density at radius 3 is 1.91 bits per heavy atom. The Morgan fingerprint density at radius 2 is 1.28 bits per heavy atom. The van der Waals surface area contributed by atoms with Crippen LogP contribution in [-0.4, -0.2) is 117 Å². The highest BCUT2D eigenvalue weighted by molar-refractivity contribution is 5.98. The Kier molecular flexibility index (Phi) is 17.0. The third-order valence-corrected chi connectivity index (χ3v) is 11.7. The number of amides is 6. The third-order valence-electron chi connectivity index (χ3n) is 11.7. The van der Waals surface area contributed by atoms with Crippen LogP contribution in [-0.2, 0) is 33.6 Å². The largest absolute Gasteiger partial charge is 0.481 e. The zero-order chi connectivity index (χ0) is 39.2. The summed E-state index contributed by atoms with van der Waals surface area (Å²) in [6.45, 7) is 4.00. The molecule has 0 aromatic rings. The van der Waals surface area contributed by atoms with Crippen LogP contribution in [0.4, 0.5) is 0 Å². The minimum Gasteiger partial charge on any atom is -0.481 e. The first kappa shape index (κ1) is 43.0. The summed E-state index contributed by atoms with van der Waals surface area (Å²) in [7, 11) is 0. The molecule has 304 valence electrons. The maximum atomic E-state index is 14.4. The summed E-state index contributed by atoms with van der Waals surface area (Å²) >= 11 is 0. The number of carboxylic acid groups (broad SMARTS) is 1. The average Bonchev–Trinajstić information content (AvgIpc) is 3.67. The lowest BCUT2D eigenvalue weighted by atomic mass is 9.82. The number of rotatable bonds is 17. The second-order valence-corrected chi connectivity index (χ2v) is 15.9. The summed E-state index contributed by atoms with van der Waals surface area (Å²) in [6, 6.07) is -5.56. The first-order chi connectivity index (χ1) is 25.9. The van der Waals surface area contributed by atoms with Crippen LogP contribution in [0.1, 0.15) is 136 Å². The van der Waals surface area contributed by atoms with E-state index in [1.165, 1.54) is 36.0 Å². The van der Waals surface area contributed by atoms with E-state index >= 15 is 0 Å². The summed E-state index contributed by atoms with van der Waals surface area (Å²) in [6.07, 6.45) is 12.6. The highest BCUT2D eigenvalue weighted by Crippen LogP contribution is 2.31. The molecule has 15 heteroatoms. The molecule has 0 aromatic heterocycles. The number of nitrogens with one attached hydrogen (secondary N) is 4. The van der Waals surface area contributed by atoms with E-state index < -0.39 is 72.3 Å². The summed E-state index contributed by atoms with van der Waals surface area (Å²) in [5.74, 6) is -3.99. The predicted octanol–water partition coefficient (Wildman–Crippen LogP) is 2.14. The molecule has 4 fully saturated rings. The van der Waals surface area contributed by atoms with Gasteiger partial charge in [0.05, 0.1) is 12.5 Å². The molecule has 0 radical (unpaired) electrons. The van der Waals surface area contributed by atoms with Gasteiger partial charge in [0.2, 0.25) is 35.4 Å². The van der Waals surface area contributed by atoms with Crippen molar-refractivity contribution in [2.75, 3.05) is 19.6 Å². The number of piperidine rings is 1. The van der Waals surface area contributed by atoms with Gasteiger partial charge in [-0.05, 0) is 76.5 Å². The van der Waals surface area contributed by atoms with Crippen molar-refractivity contribution < 1.29 is 43.8 Å². The van der Waals surface area contributed by atoms with Gasteiger partial charge in [-0.3, -0.25) is 33.6 Å². The van der Waals surface area contributed by atoms with Crippen molar-refractivity contribution in [3.63, 3.8) is 0 Å². The fourth-order valence-electron chi connectivity index (χ4n) is 8.71. The maximum Gasteiger partial charge on any atom is 0.305 e. The van der Waals surface area contributed by atoms with E-state index in [1.807, 2.05) is 6.92 Å². The van der Waals surface area contributed by atoms with Gasteiger partial charge in [0.15, 0.2) is 0 Å². The Balaban J connectivity index is 1.46. The highest BCUT2D eigenvalue weighted by Gasteiger charge is 2.43. The van der Waals surface area contributed by atoms with Crippen LogP contribution in [0.25, 0.3) is 0 Å². The van der Waals surface area contributed by atoms with Crippen LogP contribution in [0.3, 0.4) is 0 Å². The molecule has 0 spiro atoms. The van der Waals surface area contributed by atoms with Crippen molar-refractivity contribution >= 4 is 41.4 Å². The van der Waals surface area contributed by atoms with E-state index in [-0.39, 0.29) is 30.7 Å². The summed E-state index contributed by atoms with van der Waals surface area (Å²) in [4.78, 5) is 96.4. The molecule has 2 saturated carbocycles. The predicted molar refractivity (Wildman–Crippen MR) is 199 cm³/mol. The number of carbonyl (C=O) groups excluding carboxylic acids is 6. The number of carbonyl (C=O) groups is 7. The number of carboxylic acids is 1. The standard InChI is InChI=1S/C39H64N6O9/c1-3-21-40-37(52)33(25(2)46)43-36(51)30-18-12-23-44(30)38(53)28(24-32(48)49)41-35(50)29-17-10-11-22-45(29)39(54)34(27-15-8-5-9-16-27)42-31(47)20-19-26-13-6-4-7-14-26/h25-30,33-34,46H,3-24H2,1-2H3,(H,40,52)(H,41,50)(H,42,47)(H,43,51)(H,48,49)/t25?,28-,29-,30-,33-,34-/m0/s1. The van der Waals surface area contributed by atoms with Gasteiger partial charge in [-0.25, -0.2) is 0 Å². The molecule has 4 aliphatic rings. The first-order valence-corrected chi connectivity index (χ1v) is 20.6. The van der Waals surface area contributed by atoms with E-state index in [4.69, 9.17) is 0 Å². The van der Waals surface area contributed by atoms with Crippen LogP contribution in [0, 0.1) is 11.8 Å². The zero-order valence-corrected chi connectivity index (χ0v) is 32.3. The fraction of sp³-hybridized carbons (Fsp3) is 0.821. The van der Waals surface area contributed by atoms with E-state index in [0.29, 0.717) is 57.5 Å². The molecule has 2 aliphatic carbocycles. The number of hydrogen-bond donors (Lipinski definition) is 6. The van der Waals surface area contributed by atoms with Gasteiger partial charge < -0.3 is 41.3 Å². The molecule has 2 heterocycles. The molecular weight excluding hydrogens is 696 g/mol. The van der Waals surface area contributed by atoms with E-state index in [2.05, 4.69) is 21.3 Å². The first-order valence-electron chi connectivity index (χ1n) is 20.6. The van der Waals surface area contributed by atoms with Gasteiger partial charge >= 0.3 is 5.97 Å². The molecule has 2 saturated heterocycles. The molecule has 0 bridgehead atoms. The lowest BCUT2D eigenvalue weighted by Gasteiger charge is -2.40. The van der Waals surface area contributed by atoms with Crippen LogP contribution in [0.5, 0.6) is 0 Å². The van der Waals surface area contributed by atoms with E-state index in [1.54, 1.807) is 0 Å². The van der Waals surface area contributed by atoms with Crippen LogP contribution >= 0.6 is 0 Å². The quantitative estimate of drug-likeness (QED) is 0.128. The minimum absolute atomic E-state index is 0.0544. The molecule has 54 heavy (non-hydrogen) atoms.